The molecule has 1 unspecified atom stereocenters. The number of hydrogen-bond donors (Lipinski definition) is 0. The van der Waals surface area contributed by atoms with Gasteiger partial charge in [-0.1, -0.05) is 59.9 Å². The quantitative estimate of drug-likeness (QED) is 0.226. The lowest BCUT2D eigenvalue weighted by Gasteiger charge is -2.24. The maximum Gasteiger partial charge on any atom is 0.338 e. The molecule has 0 aliphatic carbocycles. The first-order valence-electron chi connectivity index (χ1n) is 14.4. The predicted octanol–water partition coefficient (Wildman–Crippen LogP) is 5.76. The molecule has 0 spiro atoms. The number of nitrogens with zero attached hydrogens (tertiary/aromatic N) is 3. The Hall–Kier alpha value is -4.69. The van der Waals surface area contributed by atoms with Gasteiger partial charge in [-0.25, -0.2) is 9.79 Å². The number of carbonyl (C=O) groups is 1. The van der Waals surface area contributed by atoms with E-state index in [4.69, 9.17) is 14.5 Å². The molecule has 5 aromatic rings. The van der Waals surface area contributed by atoms with E-state index < -0.39 is 12.0 Å². The van der Waals surface area contributed by atoms with Crippen LogP contribution >= 0.6 is 11.3 Å². The Balaban J connectivity index is 1.51. The highest BCUT2D eigenvalue weighted by Crippen LogP contribution is 2.32. The van der Waals surface area contributed by atoms with E-state index in [1.165, 1.54) is 16.7 Å². The van der Waals surface area contributed by atoms with Gasteiger partial charge in [0.1, 0.15) is 5.75 Å². The number of benzene rings is 3. The molecule has 0 saturated carbocycles. The van der Waals surface area contributed by atoms with Crippen molar-refractivity contribution in [3.05, 3.63) is 126 Å². The highest BCUT2D eigenvalue weighted by Gasteiger charge is 2.33. The van der Waals surface area contributed by atoms with Gasteiger partial charge in [-0.05, 0) is 81.5 Å². The number of carbonyl (C=O) groups excluding carboxylic acids is 1. The van der Waals surface area contributed by atoms with E-state index in [1.807, 2.05) is 43.3 Å². The van der Waals surface area contributed by atoms with Crippen molar-refractivity contribution in [3.63, 3.8) is 0 Å². The van der Waals surface area contributed by atoms with Gasteiger partial charge in [-0.15, -0.1) is 0 Å². The number of rotatable bonds is 7. The van der Waals surface area contributed by atoms with Gasteiger partial charge in [0.25, 0.3) is 5.56 Å². The van der Waals surface area contributed by atoms with Gasteiger partial charge in [-0.3, -0.25) is 9.36 Å². The van der Waals surface area contributed by atoms with Gasteiger partial charge in [0, 0.05) is 16.8 Å². The topological polar surface area (TPSA) is 74.8 Å². The van der Waals surface area contributed by atoms with Crippen molar-refractivity contribution >= 4 is 34.2 Å². The number of aryl methyl sites for hydroxylation is 1. The van der Waals surface area contributed by atoms with Crippen molar-refractivity contribution in [2.75, 3.05) is 13.2 Å². The smallest absolute Gasteiger partial charge is 0.338 e. The summed E-state index contributed by atoms with van der Waals surface area (Å²) in [6.45, 7) is 10.4. The van der Waals surface area contributed by atoms with Gasteiger partial charge in [0.2, 0.25) is 0 Å². The van der Waals surface area contributed by atoms with Crippen molar-refractivity contribution in [3.8, 4) is 11.4 Å². The standard InChI is InChI=1S/C35H33N3O4S/c1-6-41-27-17-15-25(16-18-27)32-31(34(40)42-7-2)22(4)36-35-38(32)33(39)30(43-35)20-26-19-21(3)37(23(26)5)29-14-10-12-24-11-8-9-13-28(24)29/h8-20,32H,6-7H2,1-5H3/b30-20-. The van der Waals surface area contributed by atoms with E-state index in [9.17, 15) is 9.59 Å². The zero-order valence-electron chi connectivity index (χ0n) is 24.9. The second-order valence-electron chi connectivity index (χ2n) is 10.5. The molecule has 1 aliphatic heterocycles. The second kappa shape index (κ2) is 11.5. The predicted molar refractivity (Wildman–Crippen MR) is 171 cm³/mol. The fourth-order valence-electron chi connectivity index (χ4n) is 5.87. The molecule has 1 aliphatic rings. The van der Waals surface area contributed by atoms with E-state index in [0.29, 0.717) is 27.2 Å². The summed E-state index contributed by atoms with van der Waals surface area (Å²) in [5.41, 5.74) is 5.63. The fourth-order valence-corrected chi connectivity index (χ4v) is 6.91. The molecule has 3 aromatic carbocycles. The van der Waals surface area contributed by atoms with Crippen LogP contribution in [0, 0.1) is 13.8 Å². The van der Waals surface area contributed by atoms with Crippen LogP contribution in [0.3, 0.4) is 0 Å². The van der Waals surface area contributed by atoms with Crippen LogP contribution < -0.4 is 19.6 Å². The van der Waals surface area contributed by atoms with Crippen LogP contribution in [0.25, 0.3) is 22.5 Å². The monoisotopic (exact) mass is 591 g/mol. The molecule has 0 radical (unpaired) electrons. The molecule has 0 bridgehead atoms. The van der Waals surface area contributed by atoms with Crippen molar-refractivity contribution in [2.45, 2.75) is 40.7 Å². The van der Waals surface area contributed by atoms with Gasteiger partial charge < -0.3 is 14.0 Å². The normalized spacial score (nSPS) is 15.0. The zero-order valence-corrected chi connectivity index (χ0v) is 25.7. The molecule has 3 heterocycles. The maximum absolute atomic E-state index is 14.1. The van der Waals surface area contributed by atoms with Crippen LogP contribution in [0.15, 0.2) is 93.9 Å². The summed E-state index contributed by atoms with van der Waals surface area (Å²) in [5, 5.41) is 2.33. The maximum atomic E-state index is 14.1. The number of aromatic nitrogens is 2. The first-order valence-corrected chi connectivity index (χ1v) is 15.2. The fraction of sp³-hybridized carbons (Fsp3) is 0.229. The lowest BCUT2D eigenvalue weighted by Crippen LogP contribution is -2.39. The Labute approximate surface area is 253 Å². The Bertz CT molecular complexity index is 2070. The molecule has 0 saturated heterocycles. The lowest BCUT2D eigenvalue weighted by atomic mass is 9.96. The first-order chi connectivity index (χ1) is 20.8. The molecule has 1 atom stereocenters. The number of fused-ring (bicyclic) bond motifs is 2. The minimum Gasteiger partial charge on any atom is -0.494 e. The third-order valence-electron chi connectivity index (χ3n) is 7.79. The van der Waals surface area contributed by atoms with Crippen molar-refractivity contribution < 1.29 is 14.3 Å². The summed E-state index contributed by atoms with van der Waals surface area (Å²) in [5.74, 6) is 0.245. The molecule has 6 rings (SSSR count). The van der Waals surface area contributed by atoms with Crippen LogP contribution in [0.1, 0.15) is 49.3 Å². The van der Waals surface area contributed by atoms with E-state index in [1.54, 1.807) is 18.4 Å². The number of hydrogen-bond acceptors (Lipinski definition) is 6. The number of esters is 1. The van der Waals surface area contributed by atoms with E-state index in [2.05, 4.69) is 60.9 Å². The lowest BCUT2D eigenvalue weighted by molar-refractivity contribution is -0.139. The Morgan fingerprint density at radius 2 is 1.72 bits per heavy atom. The highest BCUT2D eigenvalue weighted by atomic mass is 32.1. The molecule has 0 fully saturated rings. The van der Waals surface area contributed by atoms with Crippen molar-refractivity contribution in [1.82, 2.24) is 9.13 Å². The highest BCUT2D eigenvalue weighted by molar-refractivity contribution is 7.07. The van der Waals surface area contributed by atoms with Gasteiger partial charge in [-0.2, -0.15) is 0 Å². The summed E-state index contributed by atoms with van der Waals surface area (Å²) < 4.78 is 15.5. The molecule has 0 N–H and O–H groups in total. The van der Waals surface area contributed by atoms with Crippen LogP contribution in [0.5, 0.6) is 5.75 Å². The van der Waals surface area contributed by atoms with Crippen molar-refractivity contribution in [1.29, 1.82) is 0 Å². The molecular formula is C35H33N3O4S. The molecule has 0 amide bonds. The van der Waals surface area contributed by atoms with Gasteiger partial charge in [0.15, 0.2) is 4.80 Å². The average Bonchev–Trinajstić information content (AvgIpc) is 3.46. The van der Waals surface area contributed by atoms with Crippen LogP contribution in [0.2, 0.25) is 0 Å². The van der Waals surface area contributed by atoms with Crippen LogP contribution in [-0.2, 0) is 9.53 Å². The third-order valence-corrected chi connectivity index (χ3v) is 8.77. The summed E-state index contributed by atoms with van der Waals surface area (Å²) in [6, 6.07) is 23.6. The second-order valence-corrected chi connectivity index (χ2v) is 11.5. The Kier molecular flexibility index (Phi) is 7.62. The van der Waals surface area contributed by atoms with Gasteiger partial charge in [0.05, 0.1) is 40.7 Å². The molecule has 7 nitrogen and oxygen atoms in total. The number of allylic oxidation sites excluding steroid dienone is 1. The molecule has 218 valence electrons. The third kappa shape index (κ3) is 5.02. The van der Waals surface area contributed by atoms with Crippen LogP contribution in [0.4, 0.5) is 0 Å². The first kappa shape index (κ1) is 28.4. The van der Waals surface area contributed by atoms with E-state index in [-0.39, 0.29) is 12.2 Å². The van der Waals surface area contributed by atoms with Gasteiger partial charge >= 0.3 is 5.97 Å². The SMILES string of the molecule is CCOC(=O)C1=C(C)N=c2s/c(=C\c3cc(C)n(-c4cccc5ccccc45)c3C)c(=O)n2C1c1ccc(OCC)cc1. The Morgan fingerprint density at radius 1 is 0.977 bits per heavy atom. The number of ether oxygens (including phenoxy) is 2. The van der Waals surface area contributed by atoms with E-state index >= 15 is 0 Å². The molecular weight excluding hydrogens is 558 g/mol. The largest absolute Gasteiger partial charge is 0.494 e. The molecule has 43 heavy (non-hydrogen) atoms. The Morgan fingerprint density at radius 3 is 2.47 bits per heavy atom. The summed E-state index contributed by atoms with van der Waals surface area (Å²) >= 11 is 1.33. The molecule has 2 aromatic heterocycles. The van der Waals surface area contributed by atoms with Crippen LogP contribution in [-0.4, -0.2) is 28.3 Å². The molecule has 8 heteroatoms. The number of thiazole rings is 1. The summed E-state index contributed by atoms with van der Waals surface area (Å²) in [7, 11) is 0. The average molecular weight is 592 g/mol. The van der Waals surface area contributed by atoms with E-state index in [0.717, 1.165) is 39.3 Å². The summed E-state index contributed by atoms with van der Waals surface area (Å²) in [6.07, 6.45) is 1.94. The van der Waals surface area contributed by atoms with Crippen molar-refractivity contribution in [2.24, 2.45) is 4.99 Å². The minimum absolute atomic E-state index is 0.202. The minimum atomic E-state index is -0.670. The zero-order chi connectivity index (χ0) is 30.2. The summed E-state index contributed by atoms with van der Waals surface area (Å²) in [4.78, 5) is 32.6.